The van der Waals surface area contributed by atoms with Gasteiger partial charge in [0.25, 0.3) is 0 Å². The molecule has 1 saturated heterocycles. The van der Waals surface area contributed by atoms with Gasteiger partial charge in [-0.3, -0.25) is 4.79 Å². The molecule has 1 heterocycles. The van der Waals surface area contributed by atoms with E-state index in [1.54, 1.807) is 18.2 Å². The number of methoxy groups -OCH3 is 1. The van der Waals surface area contributed by atoms with E-state index in [2.05, 4.69) is 22.0 Å². The van der Waals surface area contributed by atoms with Gasteiger partial charge in [-0.15, -0.1) is 0 Å². The smallest absolute Gasteiger partial charge is 0.244 e. The summed E-state index contributed by atoms with van der Waals surface area (Å²) in [4.78, 5) is 15.4. The number of hydrogen-bond donors (Lipinski definition) is 2. The molecule has 2 aromatic carbocycles. The van der Waals surface area contributed by atoms with Gasteiger partial charge in [0.05, 0.1) is 7.11 Å². The summed E-state index contributed by atoms with van der Waals surface area (Å²) < 4.78 is 34.3. The number of hydrogen-bond acceptors (Lipinski definition) is 5. The molecule has 168 valence electrons. The van der Waals surface area contributed by atoms with Crippen molar-refractivity contribution >= 4 is 15.9 Å². The lowest BCUT2D eigenvalue weighted by Gasteiger charge is -2.30. The summed E-state index contributed by atoms with van der Waals surface area (Å²) in [6.07, 6.45) is 1.95. The highest BCUT2D eigenvalue weighted by atomic mass is 32.2. The Balaban J connectivity index is 1.83. The molecule has 0 unspecified atom stereocenters. The zero-order chi connectivity index (χ0) is 22.4. The molecule has 1 amide bonds. The van der Waals surface area contributed by atoms with Gasteiger partial charge in [0.15, 0.2) is 0 Å². The van der Waals surface area contributed by atoms with Gasteiger partial charge in [0.1, 0.15) is 16.7 Å². The van der Waals surface area contributed by atoms with E-state index >= 15 is 0 Å². The predicted molar refractivity (Wildman–Crippen MR) is 121 cm³/mol. The molecule has 3 rings (SSSR count). The predicted octanol–water partition coefficient (Wildman–Crippen LogP) is 2.10. The number of ether oxygens (including phenoxy) is 1. The van der Waals surface area contributed by atoms with Gasteiger partial charge >= 0.3 is 0 Å². The van der Waals surface area contributed by atoms with Gasteiger partial charge < -0.3 is 15.0 Å². The third kappa shape index (κ3) is 6.29. The van der Waals surface area contributed by atoms with E-state index in [0.29, 0.717) is 0 Å². The van der Waals surface area contributed by atoms with Crippen LogP contribution >= 0.6 is 0 Å². The molecule has 0 aliphatic carbocycles. The molecule has 0 spiro atoms. The molecule has 8 heteroatoms. The lowest BCUT2D eigenvalue weighted by atomic mass is 10.0. The average Bonchev–Trinajstić information content (AvgIpc) is 2.75. The number of carbonyl (C=O) groups is 1. The monoisotopic (exact) mass is 445 g/mol. The molecule has 1 fully saturated rings. The number of piperidine rings is 1. The molecule has 1 aliphatic heterocycles. The number of aryl methyl sites for hydroxylation is 1. The third-order valence-corrected chi connectivity index (χ3v) is 7.06. The van der Waals surface area contributed by atoms with Crippen LogP contribution in [-0.4, -0.2) is 58.6 Å². The van der Waals surface area contributed by atoms with Gasteiger partial charge in [-0.25, -0.2) is 8.42 Å². The van der Waals surface area contributed by atoms with Gasteiger partial charge in [-0.1, -0.05) is 36.4 Å². The Labute approximate surface area is 184 Å². The van der Waals surface area contributed by atoms with E-state index in [0.717, 1.165) is 37.1 Å². The molecule has 0 radical (unpaired) electrons. The third-order valence-electron chi connectivity index (χ3n) is 5.57. The minimum atomic E-state index is -3.98. The number of benzene rings is 2. The highest BCUT2D eigenvalue weighted by Gasteiger charge is 2.30. The summed E-state index contributed by atoms with van der Waals surface area (Å²) in [6, 6.07) is 13.5. The fourth-order valence-electron chi connectivity index (χ4n) is 3.74. The quantitative estimate of drug-likeness (QED) is 0.650. The first kappa shape index (κ1) is 23.2. The molecule has 1 atom stereocenters. The molecule has 0 saturated carbocycles. The SMILES string of the molecule is COc1ccc(C)cc1S(=O)(=O)N[C@@H](Cc1ccccc1)C(=O)NC1CCN(C)CC1. The van der Waals surface area contributed by atoms with Crippen LogP contribution in [0.15, 0.2) is 53.4 Å². The van der Waals surface area contributed by atoms with Crippen molar-refractivity contribution < 1.29 is 17.9 Å². The number of likely N-dealkylation sites (tertiary alicyclic amines) is 1. The van der Waals surface area contributed by atoms with E-state index in [1.807, 2.05) is 37.3 Å². The Bertz CT molecular complexity index is 987. The van der Waals surface area contributed by atoms with E-state index in [1.165, 1.54) is 7.11 Å². The highest BCUT2D eigenvalue weighted by molar-refractivity contribution is 7.89. The van der Waals surface area contributed by atoms with Crippen LogP contribution in [0.2, 0.25) is 0 Å². The molecule has 2 aromatic rings. The standard InChI is InChI=1S/C23H31N3O4S/c1-17-9-10-21(30-3)22(15-17)31(28,29)25-20(16-18-7-5-4-6-8-18)23(27)24-19-11-13-26(2)14-12-19/h4-10,15,19-20,25H,11-14,16H2,1-3H3,(H,24,27)/t20-/m0/s1. The van der Waals surface area contributed by atoms with Crippen molar-refractivity contribution in [2.24, 2.45) is 0 Å². The second-order valence-corrected chi connectivity index (χ2v) is 9.79. The van der Waals surface area contributed by atoms with Crippen molar-refractivity contribution in [3.05, 3.63) is 59.7 Å². The second kappa shape index (κ2) is 10.3. The van der Waals surface area contributed by atoms with E-state index in [4.69, 9.17) is 4.74 Å². The minimum Gasteiger partial charge on any atom is -0.495 e. The van der Waals surface area contributed by atoms with Gasteiger partial charge in [0.2, 0.25) is 15.9 Å². The molecular formula is C23H31N3O4S. The zero-order valence-electron chi connectivity index (χ0n) is 18.3. The Morgan fingerprint density at radius 3 is 2.48 bits per heavy atom. The van der Waals surface area contributed by atoms with Gasteiger partial charge in [-0.05, 0) is 69.6 Å². The van der Waals surface area contributed by atoms with E-state index in [9.17, 15) is 13.2 Å². The zero-order valence-corrected chi connectivity index (χ0v) is 19.1. The molecule has 7 nitrogen and oxygen atoms in total. The van der Waals surface area contributed by atoms with Crippen molar-refractivity contribution in [3.63, 3.8) is 0 Å². The molecule has 2 N–H and O–H groups in total. The summed E-state index contributed by atoms with van der Waals surface area (Å²) in [5, 5.41) is 3.05. The first-order chi connectivity index (χ1) is 14.8. The summed E-state index contributed by atoms with van der Waals surface area (Å²) in [5.74, 6) is -0.0686. The van der Waals surface area contributed by atoms with Crippen LogP contribution in [0.3, 0.4) is 0 Å². The minimum absolute atomic E-state index is 0.0279. The maximum atomic E-state index is 13.2. The van der Waals surface area contributed by atoms with Crippen molar-refractivity contribution in [2.75, 3.05) is 27.2 Å². The summed E-state index contributed by atoms with van der Waals surface area (Å²) in [5.41, 5.74) is 1.67. The summed E-state index contributed by atoms with van der Waals surface area (Å²) in [6.45, 7) is 3.62. The fourth-order valence-corrected chi connectivity index (χ4v) is 5.19. The van der Waals surface area contributed by atoms with Crippen molar-refractivity contribution in [2.45, 2.75) is 43.2 Å². The molecule has 1 aliphatic rings. The normalized spacial score (nSPS) is 16.6. The fraction of sp³-hybridized carbons (Fsp3) is 0.435. The number of sulfonamides is 1. The highest BCUT2D eigenvalue weighted by Crippen LogP contribution is 2.25. The number of carbonyl (C=O) groups excluding carboxylic acids is 1. The topological polar surface area (TPSA) is 87.7 Å². The van der Waals surface area contributed by atoms with Crippen LogP contribution in [-0.2, 0) is 21.2 Å². The first-order valence-electron chi connectivity index (χ1n) is 10.5. The molecular weight excluding hydrogens is 414 g/mol. The average molecular weight is 446 g/mol. The largest absolute Gasteiger partial charge is 0.495 e. The summed E-state index contributed by atoms with van der Waals surface area (Å²) >= 11 is 0. The Hall–Kier alpha value is -2.42. The van der Waals surface area contributed by atoms with Crippen LogP contribution in [0, 0.1) is 6.92 Å². The summed E-state index contributed by atoms with van der Waals surface area (Å²) in [7, 11) is -0.500. The van der Waals surface area contributed by atoms with Crippen LogP contribution in [0.4, 0.5) is 0 Å². The number of rotatable bonds is 8. The van der Waals surface area contributed by atoms with E-state index < -0.39 is 16.1 Å². The Morgan fingerprint density at radius 1 is 1.16 bits per heavy atom. The van der Waals surface area contributed by atoms with Gasteiger partial charge in [-0.2, -0.15) is 4.72 Å². The van der Waals surface area contributed by atoms with Crippen LogP contribution in [0.5, 0.6) is 5.75 Å². The second-order valence-electron chi connectivity index (χ2n) is 8.10. The lowest BCUT2D eigenvalue weighted by molar-refractivity contribution is -0.123. The Kier molecular flexibility index (Phi) is 7.69. The van der Waals surface area contributed by atoms with Gasteiger partial charge in [0, 0.05) is 6.04 Å². The molecule has 31 heavy (non-hydrogen) atoms. The van der Waals surface area contributed by atoms with Crippen LogP contribution in [0.25, 0.3) is 0 Å². The molecule has 0 aromatic heterocycles. The maximum Gasteiger partial charge on any atom is 0.244 e. The van der Waals surface area contributed by atoms with E-state index in [-0.39, 0.29) is 29.0 Å². The Morgan fingerprint density at radius 2 is 1.84 bits per heavy atom. The van der Waals surface area contributed by atoms with Crippen LogP contribution in [0.1, 0.15) is 24.0 Å². The number of nitrogens with one attached hydrogen (secondary N) is 2. The lowest BCUT2D eigenvalue weighted by Crippen LogP contribution is -2.52. The maximum absolute atomic E-state index is 13.2. The van der Waals surface area contributed by atoms with Crippen molar-refractivity contribution in [1.82, 2.24) is 14.9 Å². The number of amides is 1. The number of nitrogens with zero attached hydrogens (tertiary/aromatic N) is 1. The first-order valence-corrected chi connectivity index (χ1v) is 12.0. The van der Waals surface area contributed by atoms with Crippen molar-refractivity contribution in [3.8, 4) is 5.75 Å². The van der Waals surface area contributed by atoms with Crippen LogP contribution < -0.4 is 14.8 Å². The van der Waals surface area contributed by atoms with Crippen molar-refractivity contribution in [1.29, 1.82) is 0 Å². The molecule has 0 bridgehead atoms.